The maximum atomic E-state index is 14.4. The van der Waals surface area contributed by atoms with Crippen molar-refractivity contribution in [2.45, 2.75) is 31.5 Å². The number of nitrogens with zero attached hydrogens (tertiary/aromatic N) is 4. The van der Waals surface area contributed by atoms with E-state index in [1.54, 1.807) is 17.7 Å². The molecule has 2 aromatic heterocycles. The SMILES string of the molecule is COc1ccc(CN(C)c2cc(Nc3cc(F)cc4c3OCCO4)nc3c(C(=O)NNC4CC(O)C4)cnn23)cc1. The predicted molar refractivity (Wildman–Crippen MR) is 148 cm³/mol. The van der Waals surface area contributed by atoms with E-state index in [1.807, 2.05) is 36.2 Å². The lowest BCUT2D eigenvalue weighted by Gasteiger charge is -2.31. The molecule has 1 saturated carbocycles. The first-order valence-electron chi connectivity index (χ1n) is 13.2. The fraction of sp³-hybridized carbons (Fsp3) is 0.321. The molecule has 1 amide bonds. The van der Waals surface area contributed by atoms with E-state index in [-0.39, 0.29) is 17.7 Å². The highest BCUT2D eigenvalue weighted by Crippen LogP contribution is 2.40. The second-order valence-electron chi connectivity index (χ2n) is 10.0. The lowest BCUT2D eigenvalue weighted by Crippen LogP contribution is -2.52. The van der Waals surface area contributed by atoms with Gasteiger partial charge in [0.1, 0.15) is 42.0 Å². The van der Waals surface area contributed by atoms with Crippen molar-refractivity contribution in [3.05, 3.63) is 65.6 Å². The topological polar surface area (TPSA) is 135 Å². The minimum absolute atomic E-state index is 0.00598. The third kappa shape index (κ3) is 5.54. The molecule has 2 aromatic carbocycles. The third-order valence-electron chi connectivity index (χ3n) is 7.04. The fourth-order valence-electron chi connectivity index (χ4n) is 4.82. The van der Waals surface area contributed by atoms with Crippen LogP contribution in [0.2, 0.25) is 0 Å². The molecule has 1 aliphatic heterocycles. The minimum Gasteiger partial charge on any atom is -0.497 e. The van der Waals surface area contributed by atoms with Gasteiger partial charge < -0.3 is 29.5 Å². The third-order valence-corrected chi connectivity index (χ3v) is 7.04. The predicted octanol–water partition coefficient (Wildman–Crippen LogP) is 2.79. The number of hydrazine groups is 1. The van der Waals surface area contributed by atoms with Gasteiger partial charge in [0.25, 0.3) is 5.91 Å². The summed E-state index contributed by atoms with van der Waals surface area (Å²) in [4.78, 5) is 19.8. The summed E-state index contributed by atoms with van der Waals surface area (Å²) in [5, 5.41) is 17.2. The number of carbonyl (C=O) groups is 1. The summed E-state index contributed by atoms with van der Waals surface area (Å²) in [6.07, 6.45) is 2.21. The van der Waals surface area contributed by atoms with E-state index in [2.05, 4.69) is 26.3 Å². The first-order chi connectivity index (χ1) is 19.9. The lowest BCUT2D eigenvalue weighted by molar-refractivity contribution is 0.0534. The smallest absolute Gasteiger partial charge is 0.270 e. The molecule has 13 heteroatoms. The number of amides is 1. The number of anilines is 3. The van der Waals surface area contributed by atoms with Gasteiger partial charge in [0.2, 0.25) is 0 Å². The van der Waals surface area contributed by atoms with Crippen molar-refractivity contribution in [1.82, 2.24) is 25.4 Å². The van der Waals surface area contributed by atoms with E-state index < -0.39 is 11.7 Å². The van der Waals surface area contributed by atoms with Crippen molar-refractivity contribution in [2.24, 2.45) is 0 Å². The molecule has 0 radical (unpaired) electrons. The van der Waals surface area contributed by atoms with E-state index in [4.69, 9.17) is 14.2 Å². The Morgan fingerprint density at radius 3 is 2.73 bits per heavy atom. The van der Waals surface area contributed by atoms with Gasteiger partial charge in [-0.2, -0.15) is 9.61 Å². The first-order valence-corrected chi connectivity index (χ1v) is 13.2. The molecule has 6 rings (SSSR count). The summed E-state index contributed by atoms with van der Waals surface area (Å²) in [5.41, 5.74) is 7.53. The van der Waals surface area contributed by atoms with E-state index in [1.165, 1.54) is 18.3 Å². The maximum absolute atomic E-state index is 14.4. The molecule has 214 valence electrons. The van der Waals surface area contributed by atoms with E-state index in [0.29, 0.717) is 67.1 Å². The highest BCUT2D eigenvalue weighted by atomic mass is 19.1. The monoisotopic (exact) mass is 563 g/mol. The van der Waals surface area contributed by atoms with Crippen molar-refractivity contribution in [3.8, 4) is 17.2 Å². The van der Waals surface area contributed by atoms with Crippen molar-refractivity contribution in [3.63, 3.8) is 0 Å². The van der Waals surface area contributed by atoms with Crippen molar-refractivity contribution in [2.75, 3.05) is 37.6 Å². The van der Waals surface area contributed by atoms with Crippen LogP contribution >= 0.6 is 0 Å². The average molecular weight is 564 g/mol. The molecule has 1 aliphatic carbocycles. The number of halogens is 1. The van der Waals surface area contributed by atoms with Crippen LogP contribution in [0, 0.1) is 5.82 Å². The number of carbonyl (C=O) groups excluding carboxylic acids is 1. The number of aliphatic hydroxyl groups excluding tert-OH is 1. The highest BCUT2D eigenvalue weighted by Gasteiger charge is 2.28. The Morgan fingerprint density at radius 2 is 1.98 bits per heavy atom. The Balaban J connectivity index is 1.35. The summed E-state index contributed by atoms with van der Waals surface area (Å²) >= 11 is 0. The van der Waals surface area contributed by atoms with Gasteiger partial charge in [-0.15, -0.1) is 0 Å². The van der Waals surface area contributed by atoms with Crippen molar-refractivity contribution in [1.29, 1.82) is 0 Å². The van der Waals surface area contributed by atoms with Gasteiger partial charge in [-0.1, -0.05) is 12.1 Å². The number of ether oxygens (including phenoxy) is 3. The van der Waals surface area contributed by atoms with E-state index >= 15 is 0 Å². The molecule has 0 atom stereocenters. The normalized spacial score (nSPS) is 17.6. The Morgan fingerprint density at radius 1 is 1.20 bits per heavy atom. The van der Waals surface area contributed by atoms with Gasteiger partial charge in [-0.05, 0) is 30.5 Å². The Hall–Kier alpha value is -4.62. The zero-order chi connectivity index (χ0) is 28.5. The van der Waals surface area contributed by atoms with Crippen LogP contribution in [-0.2, 0) is 6.54 Å². The molecule has 3 heterocycles. The largest absolute Gasteiger partial charge is 0.497 e. The number of aliphatic hydroxyl groups is 1. The molecular weight excluding hydrogens is 533 g/mol. The van der Waals surface area contributed by atoms with Gasteiger partial charge in [0.15, 0.2) is 17.1 Å². The summed E-state index contributed by atoms with van der Waals surface area (Å²) in [5.74, 6) is 1.50. The molecule has 12 nitrogen and oxygen atoms in total. The summed E-state index contributed by atoms with van der Waals surface area (Å²) in [7, 11) is 3.52. The lowest BCUT2D eigenvalue weighted by atomic mass is 9.90. The van der Waals surface area contributed by atoms with Crippen LogP contribution in [0.15, 0.2) is 48.7 Å². The molecule has 1 fully saturated rings. The Labute approximate surface area is 235 Å². The van der Waals surface area contributed by atoms with Crippen LogP contribution in [0.4, 0.5) is 21.7 Å². The van der Waals surface area contributed by atoms with Crippen LogP contribution < -0.4 is 35.3 Å². The number of hydrogen-bond acceptors (Lipinski definition) is 10. The van der Waals surface area contributed by atoms with E-state index in [0.717, 1.165) is 11.3 Å². The first kappa shape index (κ1) is 26.6. The Kier molecular flexibility index (Phi) is 7.20. The van der Waals surface area contributed by atoms with Crippen LogP contribution in [0.5, 0.6) is 17.2 Å². The number of hydrogen-bond donors (Lipinski definition) is 4. The van der Waals surface area contributed by atoms with Gasteiger partial charge in [0, 0.05) is 37.8 Å². The van der Waals surface area contributed by atoms with Crippen LogP contribution in [-0.4, -0.2) is 65.1 Å². The van der Waals surface area contributed by atoms with Gasteiger partial charge in [-0.25, -0.2) is 14.8 Å². The number of nitrogens with one attached hydrogen (secondary N) is 3. The molecule has 41 heavy (non-hydrogen) atoms. The Bertz CT molecular complexity index is 1570. The molecule has 4 aromatic rings. The molecule has 2 aliphatic rings. The van der Waals surface area contributed by atoms with Crippen molar-refractivity contribution >= 4 is 28.9 Å². The minimum atomic E-state index is -0.494. The molecule has 0 spiro atoms. The quantitative estimate of drug-likeness (QED) is 0.225. The number of rotatable bonds is 9. The average Bonchev–Trinajstić information content (AvgIpc) is 3.38. The van der Waals surface area contributed by atoms with E-state index in [9.17, 15) is 14.3 Å². The zero-order valence-corrected chi connectivity index (χ0v) is 22.6. The molecule has 0 saturated heterocycles. The maximum Gasteiger partial charge on any atom is 0.270 e. The molecular formula is C28H30FN7O5. The number of fused-ring (bicyclic) bond motifs is 2. The standard InChI is InChI=1S/C28H30FN7O5/c1-35(15-16-3-5-20(39-2)6-4-16)25-13-24(31-22-9-17(29)10-23-26(22)41-8-7-40-23)32-27-21(14-30-36(25)27)28(38)34-33-18-11-19(37)12-18/h3-6,9-10,13-14,18-19,33,37H,7-8,11-12,15H2,1-2H3,(H,31,32)(H,34,38). The summed E-state index contributed by atoms with van der Waals surface area (Å²) in [6.45, 7) is 1.16. The molecule has 0 bridgehead atoms. The summed E-state index contributed by atoms with van der Waals surface area (Å²) < 4.78 is 32.6. The van der Waals surface area contributed by atoms with Crippen LogP contribution in [0.25, 0.3) is 5.65 Å². The van der Waals surface area contributed by atoms with Gasteiger partial charge in [-0.3, -0.25) is 10.2 Å². The van der Waals surface area contributed by atoms with Crippen LogP contribution in [0.3, 0.4) is 0 Å². The zero-order valence-electron chi connectivity index (χ0n) is 22.6. The van der Waals surface area contributed by atoms with Crippen LogP contribution in [0.1, 0.15) is 28.8 Å². The second kappa shape index (κ2) is 11.1. The summed E-state index contributed by atoms with van der Waals surface area (Å²) in [6, 6.07) is 12.0. The molecule has 4 N–H and O–H groups in total. The number of benzene rings is 2. The number of methoxy groups -OCH3 is 1. The fourth-order valence-corrected chi connectivity index (χ4v) is 4.82. The highest BCUT2D eigenvalue weighted by molar-refractivity contribution is 5.99. The van der Waals surface area contributed by atoms with Gasteiger partial charge in [0.05, 0.1) is 25.1 Å². The van der Waals surface area contributed by atoms with Crippen molar-refractivity contribution < 1.29 is 28.5 Å². The number of aromatic nitrogens is 3. The molecule has 0 unspecified atom stereocenters. The van der Waals surface area contributed by atoms with Gasteiger partial charge >= 0.3 is 0 Å². The second-order valence-corrected chi connectivity index (χ2v) is 10.0.